The zero-order valence-electron chi connectivity index (χ0n) is 17.2. The third-order valence-electron chi connectivity index (χ3n) is 6.08. The van der Waals surface area contributed by atoms with Crippen molar-refractivity contribution >= 4 is 23.2 Å². The second-order valence-electron chi connectivity index (χ2n) is 7.93. The van der Waals surface area contributed by atoms with E-state index in [9.17, 15) is 15.0 Å². The number of nitrogens with zero attached hydrogens (tertiary/aromatic N) is 2. The molecular formula is C23H28ClN3O4. The van der Waals surface area contributed by atoms with Crippen molar-refractivity contribution in [3.8, 4) is 0 Å². The number of nitrogens with one attached hydrogen (secondary N) is 1. The SMILES string of the molecule is O=C(NCC1OC(CO)C(O)C1N1CCN(c2ccccc2)CC1)c1ccccc1Cl. The van der Waals surface area contributed by atoms with Gasteiger partial charge in [0.15, 0.2) is 0 Å². The predicted octanol–water partition coefficient (Wildman–Crippen LogP) is 1.38. The number of amides is 1. The largest absolute Gasteiger partial charge is 0.394 e. The molecule has 0 aliphatic carbocycles. The maximum atomic E-state index is 12.6. The minimum Gasteiger partial charge on any atom is -0.394 e. The summed E-state index contributed by atoms with van der Waals surface area (Å²) in [6.07, 6.45) is -1.92. The van der Waals surface area contributed by atoms with E-state index in [0.717, 1.165) is 26.2 Å². The Morgan fingerprint density at radius 2 is 1.71 bits per heavy atom. The van der Waals surface area contributed by atoms with Gasteiger partial charge in [-0.1, -0.05) is 41.9 Å². The van der Waals surface area contributed by atoms with E-state index in [0.29, 0.717) is 10.6 Å². The molecule has 3 N–H and O–H groups in total. The lowest BCUT2D eigenvalue weighted by atomic mass is 10.0. The number of para-hydroxylation sites is 1. The highest BCUT2D eigenvalue weighted by Gasteiger charge is 2.46. The highest BCUT2D eigenvalue weighted by molar-refractivity contribution is 6.33. The molecule has 2 saturated heterocycles. The van der Waals surface area contributed by atoms with Crippen molar-refractivity contribution < 1.29 is 19.7 Å². The first-order valence-corrected chi connectivity index (χ1v) is 11.0. The van der Waals surface area contributed by atoms with Crippen LogP contribution in [0.2, 0.25) is 5.02 Å². The Labute approximate surface area is 187 Å². The predicted molar refractivity (Wildman–Crippen MR) is 120 cm³/mol. The number of piperazine rings is 1. The van der Waals surface area contributed by atoms with Crippen molar-refractivity contribution in [3.63, 3.8) is 0 Å². The van der Waals surface area contributed by atoms with Gasteiger partial charge in [-0.25, -0.2) is 0 Å². The number of ether oxygens (including phenoxy) is 1. The summed E-state index contributed by atoms with van der Waals surface area (Å²) in [4.78, 5) is 17.1. The Hall–Kier alpha value is -2.16. The molecule has 4 rings (SSSR count). The topological polar surface area (TPSA) is 85.3 Å². The molecule has 2 heterocycles. The van der Waals surface area contributed by atoms with Gasteiger partial charge in [-0.2, -0.15) is 0 Å². The number of carbonyl (C=O) groups is 1. The van der Waals surface area contributed by atoms with Crippen LogP contribution in [-0.2, 0) is 4.74 Å². The van der Waals surface area contributed by atoms with Crippen LogP contribution in [0.4, 0.5) is 5.69 Å². The number of rotatable bonds is 6. The molecule has 4 unspecified atom stereocenters. The van der Waals surface area contributed by atoms with Gasteiger partial charge in [0.1, 0.15) is 12.2 Å². The number of carbonyl (C=O) groups excluding carboxylic acids is 1. The second kappa shape index (κ2) is 9.97. The third kappa shape index (κ3) is 4.86. The van der Waals surface area contributed by atoms with Crippen LogP contribution < -0.4 is 10.2 Å². The van der Waals surface area contributed by atoms with Gasteiger partial charge in [-0.05, 0) is 24.3 Å². The van der Waals surface area contributed by atoms with Crippen LogP contribution in [0, 0.1) is 0 Å². The van der Waals surface area contributed by atoms with Gasteiger partial charge < -0.3 is 25.2 Å². The molecule has 0 spiro atoms. The van der Waals surface area contributed by atoms with Crippen LogP contribution in [0.5, 0.6) is 0 Å². The van der Waals surface area contributed by atoms with Crippen molar-refractivity contribution in [2.45, 2.75) is 24.4 Å². The average Bonchev–Trinajstić information content (AvgIpc) is 3.13. The molecule has 7 nitrogen and oxygen atoms in total. The Morgan fingerprint density at radius 3 is 2.39 bits per heavy atom. The number of anilines is 1. The molecular weight excluding hydrogens is 418 g/mol. The molecule has 1 amide bonds. The normalized spacial score (nSPS) is 26.7. The van der Waals surface area contributed by atoms with E-state index in [2.05, 4.69) is 27.2 Å². The van der Waals surface area contributed by atoms with Crippen molar-refractivity contribution in [2.24, 2.45) is 0 Å². The van der Waals surface area contributed by atoms with Gasteiger partial charge in [0.25, 0.3) is 5.91 Å². The van der Waals surface area contributed by atoms with E-state index < -0.39 is 18.3 Å². The van der Waals surface area contributed by atoms with E-state index in [1.807, 2.05) is 18.2 Å². The zero-order chi connectivity index (χ0) is 21.8. The summed E-state index contributed by atoms with van der Waals surface area (Å²) in [5, 5.41) is 23.7. The van der Waals surface area contributed by atoms with E-state index in [4.69, 9.17) is 16.3 Å². The van der Waals surface area contributed by atoms with Gasteiger partial charge in [-0.15, -0.1) is 0 Å². The van der Waals surface area contributed by atoms with E-state index >= 15 is 0 Å². The molecule has 0 bridgehead atoms. The van der Waals surface area contributed by atoms with Crippen LogP contribution in [0.15, 0.2) is 54.6 Å². The molecule has 2 aliphatic rings. The molecule has 0 aromatic heterocycles. The smallest absolute Gasteiger partial charge is 0.252 e. The van der Waals surface area contributed by atoms with Gasteiger partial charge in [0, 0.05) is 38.4 Å². The van der Waals surface area contributed by atoms with Crippen LogP contribution in [0.3, 0.4) is 0 Å². The molecule has 166 valence electrons. The average molecular weight is 446 g/mol. The Morgan fingerprint density at radius 1 is 1.03 bits per heavy atom. The van der Waals surface area contributed by atoms with Crippen LogP contribution in [0.25, 0.3) is 0 Å². The number of aliphatic hydroxyl groups is 2. The first-order valence-electron chi connectivity index (χ1n) is 10.6. The lowest BCUT2D eigenvalue weighted by Gasteiger charge is -2.41. The maximum absolute atomic E-state index is 12.6. The summed E-state index contributed by atoms with van der Waals surface area (Å²) >= 11 is 6.12. The fourth-order valence-corrected chi connectivity index (χ4v) is 4.67. The molecule has 2 aromatic rings. The van der Waals surface area contributed by atoms with Crippen molar-refractivity contribution in [1.82, 2.24) is 10.2 Å². The summed E-state index contributed by atoms with van der Waals surface area (Å²) < 4.78 is 5.91. The van der Waals surface area contributed by atoms with Crippen LogP contribution in [-0.4, -0.2) is 84.7 Å². The van der Waals surface area contributed by atoms with Crippen LogP contribution >= 0.6 is 11.6 Å². The Kier molecular flexibility index (Phi) is 7.09. The lowest BCUT2D eigenvalue weighted by Crippen LogP contribution is -2.57. The number of halogens is 1. The number of aliphatic hydroxyl groups excluding tert-OH is 2. The Balaban J connectivity index is 1.40. The molecule has 31 heavy (non-hydrogen) atoms. The van der Waals surface area contributed by atoms with E-state index in [1.165, 1.54) is 5.69 Å². The van der Waals surface area contributed by atoms with Crippen molar-refractivity contribution in [2.75, 3.05) is 44.2 Å². The molecule has 8 heteroatoms. The summed E-state index contributed by atoms with van der Waals surface area (Å²) in [6.45, 7) is 3.13. The molecule has 0 radical (unpaired) electrons. The van der Waals surface area contributed by atoms with Crippen LogP contribution in [0.1, 0.15) is 10.4 Å². The molecule has 2 fully saturated rings. The molecule has 4 atom stereocenters. The molecule has 0 saturated carbocycles. The fourth-order valence-electron chi connectivity index (χ4n) is 4.45. The van der Waals surface area contributed by atoms with Crippen molar-refractivity contribution in [3.05, 3.63) is 65.2 Å². The quantitative estimate of drug-likeness (QED) is 0.623. The fraction of sp³-hybridized carbons (Fsp3) is 0.435. The first kappa shape index (κ1) is 22.0. The monoisotopic (exact) mass is 445 g/mol. The zero-order valence-corrected chi connectivity index (χ0v) is 18.0. The Bertz CT molecular complexity index is 876. The number of benzene rings is 2. The first-order chi connectivity index (χ1) is 15.1. The minimum absolute atomic E-state index is 0.223. The summed E-state index contributed by atoms with van der Waals surface area (Å²) in [5.74, 6) is -0.288. The summed E-state index contributed by atoms with van der Waals surface area (Å²) in [5.41, 5.74) is 1.58. The van der Waals surface area contributed by atoms with Crippen molar-refractivity contribution in [1.29, 1.82) is 0 Å². The number of hydrogen-bond acceptors (Lipinski definition) is 6. The highest BCUT2D eigenvalue weighted by atomic mass is 35.5. The third-order valence-corrected chi connectivity index (χ3v) is 6.41. The molecule has 2 aliphatic heterocycles. The van der Waals surface area contributed by atoms with Gasteiger partial charge >= 0.3 is 0 Å². The number of hydrogen-bond donors (Lipinski definition) is 3. The van der Waals surface area contributed by atoms with Gasteiger partial charge in [0.2, 0.25) is 0 Å². The van der Waals surface area contributed by atoms with Gasteiger partial charge in [-0.3, -0.25) is 9.69 Å². The molecule has 2 aromatic carbocycles. The summed E-state index contributed by atoms with van der Waals surface area (Å²) in [6, 6.07) is 16.8. The van der Waals surface area contributed by atoms with E-state index in [1.54, 1.807) is 24.3 Å². The highest BCUT2D eigenvalue weighted by Crippen LogP contribution is 2.28. The summed E-state index contributed by atoms with van der Waals surface area (Å²) in [7, 11) is 0. The minimum atomic E-state index is -0.824. The standard InChI is InChI=1S/C23H28ClN3O4/c24-18-9-5-4-8-17(18)23(30)25-14-19-21(22(29)20(15-28)31-19)27-12-10-26(11-13-27)16-6-2-1-3-7-16/h1-9,19-22,28-29H,10-15H2,(H,25,30). The maximum Gasteiger partial charge on any atom is 0.252 e. The lowest BCUT2D eigenvalue weighted by molar-refractivity contribution is -0.0209. The van der Waals surface area contributed by atoms with E-state index in [-0.39, 0.29) is 25.1 Å². The second-order valence-corrected chi connectivity index (χ2v) is 8.33. The van der Waals surface area contributed by atoms with Gasteiger partial charge in [0.05, 0.1) is 29.3 Å².